The van der Waals surface area contributed by atoms with Gasteiger partial charge in [0.25, 0.3) is 5.69 Å². The largest absolute Gasteiger partial charge is 0.436 e. The van der Waals surface area contributed by atoms with E-state index < -0.39 is 10.7 Å². The van der Waals surface area contributed by atoms with E-state index in [1.807, 2.05) is 0 Å². The first-order valence-electron chi connectivity index (χ1n) is 7.65. The lowest BCUT2D eigenvalue weighted by atomic mass is 10.2. The number of hydrogen-bond acceptors (Lipinski definition) is 6. The molecule has 0 spiro atoms. The van der Waals surface area contributed by atoms with Gasteiger partial charge in [-0.15, -0.1) is 0 Å². The van der Waals surface area contributed by atoms with E-state index >= 15 is 0 Å². The molecule has 2 aromatic carbocycles. The lowest BCUT2D eigenvalue weighted by molar-refractivity contribution is -0.384. The number of rotatable bonds is 6. The summed E-state index contributed by atoms with van der Waals surface area (Å²) in [6.07, 6.45) is 0. The Bertz CT molecular complexity index is 952. The van der Waals surface area contributed by atoms with Crippen LogP contribution in [0.15, 0.2) is 59.8 Å². The van der Waals surface area contributed by atoms with Crippen LogP contribution in [0.3, 0.4) is 0 Å². The Balaban J connectivity index is 1.75. The molecule has 0 saturated heterocycles. The van der Waals surface area contributed by atoms with E-state index in [1.54, 1.807) is 37.3 Å². The number of ether oxygens (including phenoxy) is 1. The number of aromatic nitrogens is 2. The topological polar surface area (TPSA) is 78.2 Å². The zero-order valence-electron chi connectivity index (χ0n) is 13.8. The van der Waals surface area contributed by atoms with Crippen molar-refractivity contribution in [2.24, 2.45) is 0 Å². The molecule has 0 atom stereocenters. The first-order valence-corrected chi connectivity index (χ1v) is 8.64. The molecule has 0 N–H and O–H groups in total. The van der Waals surface area contributed by atoms with Gasteiger partial charge in [-0.2, -0.15) is 4.98 Å². The standard InChI is InChI=1S/C18H14FN3O3S/c1-12-9-17(25-16-8-3-2-7-15(16)19)21-18(20-12)26-11-13-5-4-6-14(10-13)22(23)24/h2-10H,11H2,1H3. The van der Waals surface area contributed by atoms with Crippen molar-refractivity contribution in [1.82, 2.24) is 9.97 Å². The Labute approximate surface area is 153 Å². The normalized spacial score (nSPS) is 10.5. The third-order valence-corrected chi connectivity index (χ3v) is 4.27. The molecule has 0 aliphatic carbocycles. The number of nitrogens with zero attached hydrogens (tertiary/aromatic N) is 3. The molecule has 0 saturated carbocycles. The van der Waals surface area contributed by atoms with E-state index in [1.165, 1.54) is 36.0 Å². The highest BCUT2D eigenvalue weighted by Gasteiger charge is 2.10. The summed E-state index contributed by atoms with van der Waals surface area (Å²) in [5.74, 6) is 0.309. The fourth-order valence-corrected chi connectivity index (χ4v) is 3.02. The number of benzene rings is 2. The van der Waals surface area contributed by atoms with Gasteiger partial charge in [0, 0.05) is 29.6 Å². The molecule has 0 amide bonds. The lowest BCUT2D eigenvalue weighted by Gasteiger charge is -2.08. The van der Waals surface area contributed by atoms with Crippen LogP contribution in [0.4, 0.5) is 10.1 Å². The molecule has 0 aliphatic heterocycles. The molecule has 0 aliphatic rings. The van der Waals surface area contributed by atoms with Gasteiger partial charge in [0.15, 0.2) is 16.7 Å². The summed E-state index contributed by atoms with van der Waals surface area (Å²) in [6, 6.07) is 14.1. The molecule has 3 aromatic rings. The fourth-order valence-electron chi connectivity index (χ4n) is 2.18. The van der Waals surface area contributed by atoms with E-state index in [0.717, 1.165) is 5.56 Å². The van der Waals surface area contributed by atoms with Crippen molar-refractivity contribution in [2.45, 2.75) is 17.8 Å². The van der Waals surface area contributed by atoms with Crippen molar-refractivity contribution in [3.8, 4) is 11.6 Å². The number of nitro groups is 1. The number of nitro benzene ring substituents is 1. The SMILES string of the molecule is Cc1cc(Oc2ccccc2F)nc(SCc2cccc([N+](=O)[O-])c2)n1. The van der Waals surface area contributed by atoms with Gasteiger partial charge in [0.05, 0.1) is 4.92 Å². The highest BCUT2D eigenvalue weighted by molar-refractivity contribution is 7.98. The smallest absolute Gasteiger partial charge is 0.269 e. The van der Waals surface area contributed by atoms with Gasteiger partial charge in [0.1, 0.15) is 0 Å². The number of thioether (sulfide) groups is 1. The Morgan fingerprint density at radius 1 is 1.15 bits per heavy atom. The second-order valence-corrected chi connectivity index (χ2v) is 6.32. The second-order valence-electron chi connectivity index (χ2n) is 5.38. The average Bonchev–Trinajstić information content (AvgIpc) is 2.62. The van der Waals surface area contributed by atoms with Crippen LogP contribution in [0.25, 0.3) is 0 Å². The summed E-state index contributed by atoms with van der Waals surface area (Å²) in [5.41, 5.74) is 1.50. The maximum absolute atomic E-state index is 13.7. The van der Waals surface area contributed by atoms with Crippen molar-refractivity contribution < 1.29 is 14.1 Å². The van der Waals surface area contributed by atoms with Gasteiger partial charge in [-0.25, -0.2) is 9.37 Å². The molecule has 26 heavy (non-hydrogen) atoms. The quantitative estimate of drug-likeness (QED) is 0.265. The molecule has 6 nitrogen and oxygen atoms in total. The monoisotopic (exact) mass is 371 g/mol. The van der Waals surface area contributed by atoms with Gasteiger partial charge < -0.3 is 4.74 Å². The summed E-state index contributed by atoms with van der Waals surface area (Å²) in [7, 11) is 0. The van der Waals surface area contributed by atoms with E-state index in [2.05, 4.69) is 9.97 Å². The first kappa shape index (κ1) is 17.8. The zero-order chi connectivity index (χ0) is 18.5. The Morgan fingerprint density at radius 3 is 2.73 bits per heavy atom. The van der Waals surface area contributed by atoms with Crippen LogP contribution in [0.1, 0.15) is 11.3 Å². The molecule has 0 bridgehead atoms. The summed E-state index contributed by atoms with van der Waals surface area (Å²) in [5, 5.41) is 11.3. The van der Waals surface area contributed by atoms with Gasteiger partial charge >= 0.3 is 0 Å². The number of hydrogen-bond donors (Lipinski definition) is 0. The Hall–Kier alpha value is -3.00. The maximum atomic E-state index is 13.7. The zero-order valence-corrected chi connectivity index (χ0v) is 14.6. The summed E-state index contributed by atoms with van der Waals surface area (Å²) >= 11 is 1.32. The van der Waals surface area contributed by atoms with Crippen LogP contribution < -0.4 is 4.74 Å². The van der Waals surface area contributed by atoms with Crippen LogP contribution in [0.2, 0.25) is 0 Å². The third kappa shape index (κ3) is 4.54. The van der Waals surface area contributed by atoms with E-state index in [0.29, 0.717) is 16.6 Å². The molecular formula is C18H14FN3O3S. The minimum atomic E-state index is -0.477. The van der Waals surface area contributed by atoms with Crippen LogP contribution in [-0.4, -0.2) is 14.9 Å². The third-order valence-electron chi connectivity index (χ3n) is 3.35. The van der Waals surface area contributed by atoms with Gasteiger partial charge in [-0.3, -0.25) is 10.1 Å². The van der Waals surface area contributed by atoms with Crippen LogP contribution >= 0.6 is 11.8 Å². The van der Waals surface area contributed by atoms with Gasteiger partial charge in [0.2, 0.25) is 5.88 Å². The molecule has 8 heteroatoms. The van der Waals surface area contributed by atoms with Crippen LogP contribution in [0.5, 0.6) is 11.6 Å². The number of aryl methyl sites for hydroxylation is 1. The van der Waals surface area contributed by atoms with Crippen LogP contribution in [0, 0.1) is 22.9 Å². The Kier molecular flexibility index (Phi) is 5.43. The highest BCUT2D eigenvalue weighted by Crippen LogP contribution is 2.27. The van der Waals surface area contributed by atoms with Crippen molar-refractivity contribution in [2.75, 3.05) is 0 Å². The van der Waals surface area contributed by atoms with Gasteiger partial charge in [-0.1, -0.05) is 36.0 Å². The molecule has 132 valence electrons. The summed E-state index contributed by atoms with van der Waals surface area (Å²) in [4.78, 5) is 19.0. The fraction of sp³-hybridized carbons (Fsp3) is 0.111. The highest BCUT2D eigenvalue weighted by atomic mass is 32.2. The molecule has 1 aromatic heterocycles. The molecule has 0 radical (unpaired) electrons. The molecule has 3 rings (SSSR count). The minimum Gasteiger partial charge on any atom is -0.436 e. The number of non-ortho nitro benzene ring substituents is 1. The second kappa shape index (κ2) is 7.92. The van der Waals surface area contributed by atoms with Crippen molar-refractivity contribution in [3.63, 3.8) is 0 Å². The van der Waals surface area contributed by atoms with E-state index in [-0.39, 0.29) is 17.3 Å². The summed E-state index contributed by atoms with van der Waals surface area (Å²) < 4.78 is 19.2. The first-order chi connectivity index (χ1) is 12.5. The molecule has 1 heterocycles. The maximum Gasteiger partial charge on any atom is 0.269 e. The predicted molar refractivity (Wildman–Crippen MR) is 95.9 cm³/mol. The number of para-hydroxylation sites is 1. The molecular weight excluding hydrogens is 357 g/mol. The van der Waals surface area contributed by atoms with E-state index in [9.17, 15) is 14.5 Å². The minimum absolute atomic E-state index is 0.0387. The van der Waals surface area contributed by atoms with Crippen molar-refractivity contribution in [1.29, 1.82) is 0 Å². The predicted octanol–water partition coefficient (Wildman–Crippen LogP) is 4.92. The van der Waals surface area contributed by atoms with Gasteiger partial charge in [-0.05, 0) is 24.6 Å². The van der Waals surface area contributed by atoms with E-state index in [4.69, 9.17) is 4.74 Å². The van der Waals surface area contributed by atoms with Crippen LogP contribution in [-0.2, 0) is 5.75 Å². The van der Waals surface area contributed by atoms with Crippen molar-refractivity contribution >= 4 is 17.4 Å². The molecule has 0 unspecified atom stereocenters. The average molecular weight is 371 g/mol. The summed E-state index contributed by atoms with van der Waals surface area (Å²) in [6.45, 7) is 1.79. The number of halogens is 1. The van der Waals surface area contributed by atoms with Crippen molar-refractivity contribution in [3.05, 3.63) is 81.8 Å². The Morgan fingerprint density at radius 2 is 1.96 bits per heavy atom. The molecule has 0 fully saturated rings. The lowest BCUT2D eigenvalue weighted by Crippen LogP contribution is -1.96.